The van der Waals surface area contributed by atoms with Crippen LogP contribution in [0.3, 0.4) is 0 Å². The minimum atomic E-state index is 0.338. The summed E-state index contributed by atoms with van der Waals surface area (Å²) in [4.78, 5) is 4.14. The van der Waals surface area contributed by atoms with Gasteiger partial charge in [-0.15, -0.1) is 0 Å². The van der Waals surface area contributed by atoms with Crippen LogP contribution < -0.4 is 5.32 Å². The van der Waals surface area contributed by atoms with Gasteiger partial charge in [0.2, 0.25) is 5.89 Å². The smallest absolute Gasteiger partial charge is 0.223 e. The highest BCUT2D eigenvalue weighted by atomic mass is 35.5. The second kappa shape index (κ2) is 5.98. The third-order valence-corrected chi connectivity index (χ3v) is 2.89. The van der Waals surface area contributed by atoms with Gasteiger partial charge in [-0.05, 0) is 31.0 Å². The predicted octanol–water partition coefficient (Wildman–Crippen LogP) is 2.75. The molecule has 0 amide bonds. The summed E-state index contributed by atoms with van der Waals surface area (Å²) in [5, 5.41) is 7.96. The molecule has 96 valence electrons. The topological polar surface area (TPSA) is 51.0 Å². The Hall–Kier alpha value is -1.39. The van der Waals surface area contributed by atoms with Crippen LogP contribution in [0.25, 0.3) is 0 Å². The number of aryl methyl sites for hydroxylation is 1. The average molecular weight is 266 g/mol. The molecule has 0 spiro atoms. The van der Waals surface area contributed by atoms with Gasteiger partial charge in [0.1, 0.15) is 0 Å². The van der Waals surface area contributed by atoms with Crippen molar-refractivity contribution in [1.82, 2.24) is 15.5 Å². The van der Waals surface area contributed by atoms with Gasteiger partial charge in [0.05, 0.1) is 6.54 Å². The van der Waals surface area contributed by atoms with E-state index in [0.29, 0.717) is 24.3 Å². The molecule has 0 aliphatic rings. The highest BCUT2D eigenvalue weighted by molar-refractivity contribution is 6.30. The van der Waals surface area contributed by atoms with Gasteiger partial charge in [0.15, 0.2) is 5.82 Å². The van der Waals surface area contributed by atoms with E-state index in [1.165, 1.54) is 5.56 Å². The first-order chi connectivity index (χ1) is 8.63. The normalized spacial score (nSPS) is 12.6. The number of nitrogens with one attached hydrogen (secondary N) is 1. The Balaban J connectivity index is 1.81. The molecular formula is C13H16ClN3O. The zero-order valence-corrected chi connectivity index (χ0v) is 11.2. The molecule has 1 aromatic heterocycles. The second-order valence-corrected chi connectivity index (χ2v) is 4.78. The van der Waals surface area contributed by atoms with Crippen LogP contribution in [0.1, 0.15) is 24.2 Å². The summed E-state index contributed by atoms with van der Waals surface area (Å²) in [6.07, 6.45) is 0.938. The first-order valence-electron chi connectivity index (χ1n) is 5.90. The maximum atomic E-state index is 5.85. The van der Waals surface area contributed by atoms with Crippen LogP contribution in [0.15, 0.2) is 28.8 Å². The SMILES string of the molecule is Cc1nc(CNC(C)Cc2ccc(Cl)cc2)no1. The lowest BCUT2D eigenvalue weighted by Gasteiger charge is -2.12. The first kappa shape index (κ1) is 13.1. The number of nitrogens with zero attached hydrogens (tertiary/aromatic N) is 2. The number of halogens is 1. The van der Waals surface area contributed by atoms with Crippen LogP contribution in [0.4, 0.5) is 0 Å². The van der Waals surface area contributed by atoms with Gasteiger partial charge in [-0.2, -0.15) is 4.98 Å². The molecule has 0 fully saturated rings. The summed E-state index contributed by atoms with van der Waals surface area (Å²) in [7, 11) is 0. The van der Waals surface area contributed by atoms with Crippen molar-refractivity contribution in [3.63, 3.8) is 0 Å². The molecule has 0 bridgehead atoms. The van der Waals surface area contributed by atoms with Crippen LogP contribution in [0, 0.1) is 6.92 Å². The molecule has 0 radical (unpaired) electrons. The van der Waals surface area contributed by atoms with Crippen LogP contribution in [0.2, 0.25) is 5.02 Å². The minimum absolute atomic E-state index is 0.338. The van der Waals surface area contributed by atoms with Crippen LogP contribution in [-0.2, 0) is 13.0 Å². The van der Waals surface area contributed by atoms with E-state index in [4.69, 9.17) is 16.1 Å². The highest BCUT2D eigenvalue weighted by Gasteiger charge is 2.06. The third-order valence-electron chi connectivity index (χ3n) is 2.63. The number of rotatable bonds is 5. The maximum Gasteiger partial charge on any atom is 0.223 e. The van der Waals surface area contributed by atoms with E-state index in [0.717, 1.165) is 11.4 Å². The largest absolute Gasteiger partial charge is 0.340 e. The molecule has 2 aromatic rings. The lowest BCUT2D eigenvalue weighted by atomic mass is 10.1. The van der Waals surface area contributed by atoms with Crippen LogP contribution >= 0.6 is 11.6 Å². The number of benzene rings is 1. The predicted molar refractivity (Wildman–Crippen MR) is 70.5 cm³/mol. The molecule has 0 saturated carbocycles. The quantitative estimate of drug-likeness (QED) is 0.903. The van der Waals surface area contributed by atoms with E-state index in [1.54, 1.807) is 6.92 Å². The first-order valence-corrected chi connectivity index (χ1v) is 6.28. The van der Waals surface area contributed by atoms with Gasteiger partial charge in [0.25, 0.3) is 0 Å². The molecule has 5 heteroatoms. The summed E-state index contributed by atoms with van der Waals surface area (Å²) in [5.74, 6) is 1.28. The van der Waals surface area contributed by atoms with Gasteiger partial charge in [-0.1, -0.05) is 28.9 Å². The molecule has 4 nitrogen and oxygen atoms in total. The Kier molecular flexibility index (Phi) is 4.33. The Morgan fingerprint density at radius 2 is 2.06 bits per heavy atom. The molecule has 18 heavy (non-hydrogen) atoms. The molecule has 1 unspecified atom stereocenters. The number of aromatic nitrogens is 2. The van der Waals surface area contributed by atoms with Crippen molar-refractivity contribution in [3.05, 3.63) is 46.6 Å². The third kappa shape index (κ3) is 3.82. The molecule has 1 atom stereocenters. The van der Waals surface area contributed by atoms with E-state index in [1.807, 2.05) is 24.3 Å². The van der Waals surface area contributed by atoms with Crippen molar-refractivity contribution in [3.8, 4) is 0 Å². The maximum absolute atomic E-state index is 5.85. The van der Waals surface area contributed by atoms with E-state index in [2.05, 4.69) is 22.4 Å². The number of hydrogen-bond acceptors (Lipinski definition) is 4. The highest BCUT2D eigenvalue weighted by Crippen LogP contribution is 2.11. The standard InChI is InChI=1S/C13H16ClN3O/c1-9(7-11-3-5-12(14)6-4-11)15-8-13-16-10(2)18-17-13/h3-6,9,15H,7-8H2,1-2H3. The van der Waals surface area contributed by atoms with Crippen molar-refractivity contribution in [2.75, 3.05) is 0 Å². The van der Waals surface area contributed by atoms with Gasteiger partial charge in [0, 0.05) is 18.0 Å². The summed E-state index contributed by atoms with van der Waals surface area (Å²) in [6.45, 7) is 4.53. The molecule has 1 heterocycles. The Morgan fingerprint density at radius 1 is 1.33 bits per heavy atom. The lowest BCUT2D eigenvalue weighted by molar-refractivity contribution is 0.383. The lowest BCUT2D eigenvalue weighted by Crippen LogP contribution is -2.28. The average Bonchev–Trinajstić information content (AvgIpc) is 2.76. The zero-order chi connectivity index (χ0) is 13.0. The summed E-state index contributed by atoms with van der Waals surface area (Å²) in [6, 6.07) is 8.24. The molecule has 0 aliphatic heterocycles. The van der Waals surface area contributed by atoms with Gasteiger partial charge in [-0.25, -0.2) is 0 Å². The molecular weight excluding hydrogens is 250 g/mol. The Morgan fingerprint density at radius 3 is 2.67 bits per heavy atom. The van der Waals surface area contributed by atoms with Crippen LogP contribution in [0.5, 0.6) is 0 Å². The summed E-state index contributed by atoms with van der Waals surface area (Å²) >= 11 is 5.85. The zero-order valence-electron chi connectivity index (χ0n) is 10.5. The van der Waals surface area contributed by atoms with Gasteiger partial charge >= 0.3 is 0 Å². The van der Waals surface area contributed by atoms with E-state index in [-0.39, 0.29) is 0 Å². The monoisotopic (exact) mass is 265 g/mol. The molecule has 0 aliphatic carbocycles. The molecule has 1 N–H and O–H groups in total. The van der Waals surface area contributed by atoms with Gasteiger partial charge < -0.3 is 9.84 Å². The molecule has 1 aromatic carbocycles. The molecule has 2 rings (SSSR count). The van der Waals surface area contributed by atoms with Crippen molar-refractivity contribution >= 4 is 11.6 Å². The number of hydrogen-bond donors (Lipinski definition) is 1. The molecule has 0 saturated heterocycles. The summed E-state index contributed by atoms with van der Waals surface area (Å²) in [5.41, 5.74) is 1.25. The fourth-order valence-corrected chi connectivity index (χ4v) is 1.85. The second-order valence-electron chi connectivity index (χ2n) is 4.34. The van der Waals surface area contributed by atoms with Crippen molar-refractivity contribution in [2.24, 2.45) is 0 Å². The Bertz CT molecular complexity index is 495. The fraction of sp³-hybridized carbons (Fsp3) is 0.385. The van der Waals surface area contributed by atoms with E-state index >= 15 is 0 Å². The fourth-order valence-electron chi connectivity index (χ4n) is 1.72. The van der Waals surface area contributed by atoms with E-state index < -0.39 is 0 Å². The van der Waals surface area contributed by atoms with Crippen molar-refractivity contribution < 1.29 is 4.52 Å². The summed E-state index contributed by atoms with van der Waals surface area (Å²) < 4.78 is 4.91. The van der Waals surface area contributed by atoms with Crippen molar-refractivity contribution in [2.45, 2.75) is 32.9 Å². The minimum Gasteiger partial charge on any atom is -0.340 e. The van der Waals surface area contributed by atoms with E-state index in [9.17, 15) is 0 Å². The van der Waals surface area contributed by atoms with Gasteiger partial charge in [-0.3, -0.25) is 0 Å². The van der Waals surface area contributed by atoms with Crippen LogP contribution in [-0.4, -0.2) is 16.2 Å². The Labute approximate surface area is 111 Å². The van der Waals surface area contributed by atoms with Crippen molar-refractivity contribution in [1.29, 1.82) is 0 Å².